The lowest BCUT2D eigenvalue weighted by atomic mass is 10.1. The van der Waals surface area contributed by atoms with Crippen LogP contribution >= 0.6 is 11.8 Å². The highest BCUT2D eigenvalue weighted by Gasteiger charge is 2.28. The summed E-state index contributed by atoms with van der Waals surface area (Å²) >= 11 is 1.43. The van der Waals surface area contributed by atoms with Crippen LogP contribution in [0.4, 0.5) is 0 Å². The first kappa shape index (κ1) is 22.5. The Labute approximate surface area is 204 Å². The molecule has 1 aliphatic carbocycles. The average Bonchev–Trinajstić information content (AvgIpc) is 3.54. The predicted molar refractivity (Wildman–Crippen MR) is 134 cm³/mol. The van der Waals surface area contributed by atoms with E-state index in [4.69, 9.17) is 4.74 Å². The maximum Gasteiger partial charge on any atom is 0.196 e. The zero-order valence-corrected chi connectivity index (χ0v) is 20.5. The molecule has 0 radical (unpaired) electrons. The van der Waals surface area contributed by atoms with Crippen LogP contribution in [0.5, 0.6) is 5.75 Å². The molecule has 7 heteroatoms. The van der Waals surface area contributed by atoms with Gasteiger partial charge in [0.15, 0.2) is 10.9 Å². The fraction of sp³-hybridized carbons (Fsp3) is 0.296. The van der Waals surface area contributed by atoms with Crippen LogP contribution < -0.4 is 4.74 Å². The van der Waals surface area contributed by atoms with Crippen molar-refractivity contribution < 1.29 is 9.53 Å². The zero-order chi connectivity index (χ0) is 23.7. The van der Waals surface area contributed by atoms with Crippen LogP contribution in [0.2, 0.25) is 0 Å². The molecule has 0 bridgehead atoms. The number of nitrogens with zero attached hydrogens (tertiary/aromatic N) is 4. The molecule has 0 aliphatic heterocycles. The standard InChI is InChI=1S/C27H28N4O2S/c1-18-15-24(19(2)30(18)21-9-10-21)25(32)17-34-27-29-28-26(16-20-7-5-4-6-8-20)31(27)22-11-13-23(33-3)14-12-22/h4-8,11-15,21H,9-10,16-17H2,1-3H3. The molecule has 4 aromatic rings. The van der Waals surface area contributed by atoms with Crippen molar-refractivity contribution >= 4 is 17.5 Å². The molecule has 34 heavy (non-hydrogen) atoms. The Morgan fingerprint density at radius 3 is 2.47 bits per heavy atom. The van der Waals surface area contributed by atoms with Crippen LogP contribution in [0.3, 0.4) is 0 Å². The van der Waals surface area contributed by atoms with Crippen LogP contribution in [0.1, 0.15) is 52.0 Å². The van der Waals surface area contributed by atoms with Crippen molar-refractivity contribution in [1.82, 2.24) is 19.3 Å². The van der Waals surface area contributed by atoms with E-state index in [1.165, 1.54) is 30.3 Å². The molecule has 0 atom stereocenters. The number of hydrogen-bond donors (Lipinski definition) is 0. The normalized spacial score (nSPS) is 13.3. The number of ketones is 1. The molecule has 1 fully saturated rings. The Morgan fingerprint density at radius 1 is 1.06 bits per heavy atom. The first-order chi connectivity index (χ1) is 16.5. The number of carbonyl (C=O) groups excluding carboxylic acids is 1. The van der Waals surface area contributed by atoms with Crippen molar-refractivity contribution in [3.8, 4) is 11.4 Å². The van der Waals surface area contributed by atoms with Gasteiger partial charge in [0.1, 0.15) is 11.6 Å². The van der Waals surface area contributed by atoms with Crippen LogP contribution in [0.15, 0.2) is 65.8 Å². The van der Waals surface area contributed by atoms with Gasteiger partial charge >= 0.3 is 0 Å². The van der Waals surface area contributed by atoms with Crippen molar-refractivity contribution in [1.29, 1.82) is 0 Å². The van der Waals surface area contributed by atoms with E-state index in [-0.39, 0.29) is 5.78 Å². The molecule has 0 amide bonds. The number of benzene rings is 2. The molecular formula is C27H28N4O2S. The number of aryl methyl sites for hydroxylation is 1. The van der Waals surface area contributed by atoms with Gasteiger partial charge in [-0.25, -0.2) is 0 Å². The smallest absolute Gasteiger partial charge is 0.196 e. The maximum absolute atomic E-state index is 13.2. The van der Waals surface area contributed by atoms with Crippen LogP contribution in [-0.4, -0.2) is 38.0 Å². The highest BCUT2D eigenvalue weighted by molar-refractivity contribution is 7.99. The molecule has 0 unspecified atom stereocenters. The Kier molecular flexibility index (Phi) is 6.28. The van der Waals surface area contributed by atoms with Gasteiger partial charge in [-0.3, -0.25) is 9.36 Å². The van der Waals surface area contributed by atoms with Crippen molar-refractivity contribution in [3.05, 3.63) is 89.0 Å². The number of thioether (sulfide) groups is 1. The van der Waals surface area contributed by atoms with Gasteiger partial charge < -0.3 is 9.30 Å². The summed E-state index contributed by atoms with van der Waals surface area (Å²) in [6.45, 7) is 4.15. The summed E-state index contributed by atoms with van der Waals surface area (Å²) in [7, 11) is 1.65. The van der Waals surface area contributed by atoms with E-state index in [1.807, 2.05) is 53.1 Å². The van der Waals surface area contributed by atoms with Gasteiger partial charge in [-0.2, -0.15) is 0 Å². The molecule has 6 nitrogen and oxygen atoms in total. The first-order valence-electron chi connectivity index (χ1n) is 11.5. The van der Waals surface area contributed by atoms with E-state index >= 15 is 0 Å². The third-order valence-electron chi connectivity index (χ3n) is 6.27. The number of rotatable bonds is 9. The van der Waals surface area contributed by atoms with E-state index in [0.29, 0.717) is 23.4 Å². The minimum absolute atomic E-state index is 0.124. The van der Waals surface area contributed by atoms with Gasteiger partial charge in [0.2, 0.25) is 0 Å². The number of carbonyl (C=O) groups is 1. The number of aromatic nitrogens is 4. The summed E-state index contributed by atoms with van der Waals surface area (Å²) in [6.07, 6.45) is 3.05. The van der Waals surface area contributed by atoms with E-state index in [0.717, 1.165) is 34.1 Å². The molecule has 1 aliphatic rings. The fourth-order valence-corrected chi connectivity index (χ4v) is 5.29. The van der Waals surface area contributed by atoms with Crippen molar-refractivity contribution in [2.75, 3.05) is 12.9 Å². The topological polar surface area (TPSA) is 61.9 Å². The van der Waals surface area contributed by atoms with Gasteiger partial charge in [0.05, 0.1) is 12.9 Å². The second kappa shape index (κ2) is 9.50. The van der Waals surface area contributed by atoms with Gasteiger partial charge in [-0.05, 0) is 62.6 Å². The summed E-state index contributed by atoms with van der Waals surface area (Å²) in [5.41, 5.74) is 5.16. The molecule has 2 heterocycles. The third kappa shape index (κ3) is 4.53. The van der Waals surface area contributed by atoms with Crippen molar-refractivity contribution in [3.63, 3.8) is 0 Å². The molecule has 174 valence electrons. The summed E-state index contributed by atoms with van der Waals surface area (Å²) in [5, 5.41) is 9.67. The van der Waals surface area contributed by atoms with Crippen molar-refractivity contribution in [2.24, 2.45) is 0 Å². The highest BCUT2D eigenvalue weighted by atomic mass is 32.2. The third-order valence-corrected chi connectivity index (χ3v) is 7.19. The second-order valence-electron chi connectivity index (χ2n) is 8.69. The molecule has 1 saturated carbocycles. The number of ether oxygens (including phenoxy) is 1. The molecule has 0 spiro atoms. The minimum Gasteiger partial charge on any atom is -0.497 e. The largest absolute Gasteiger partial charge is 0.497 e. The first-order valence-corrected chi connectivity index (χ1v) is 12.5. The lowest BCUT2D eigenvalue weighted by molar-refractivity contribution is 0.102. The Balaban J connectivity index is 1.41. The van der Waals surface area contributed by atoms with Crippen LogP contribution in [0, 0.1) is 13.8 Å². The Bertz CT molecular complexity index is 1300. The summed E-state index contributed by atoms with van der Waals surface area (Å²) in [5.74, 6) is 2.06. The van der Waals surface area contributed by atoms with Gasteiger partial charge in [-0.1, -0.05) is 42.1 Å². The SMILES string of the molecule is COc1ccc(-n2c(Cc3ccccc3)nnc2SCC(=O)c2cc(C)n(C3CC3)c2C)cc1. The second-order valence-corrected chi connectivity index (χ2v) is 9.63. The van der Waals surface area contributed by atoms with E-state index in [1.54, 1.807) is 7.11 Å². The molecular weight excluding hydrogens is 444 g/mol. The van der Waals surface area contributed by atoms with Crippen LogP contribution in [0.25, 0.3) is 5.69 Å². The summed E-state index contributed by atoms with van der Waals surface area (Å²) in [6, 6.07) is 20.6. The zero-order valence-electron chi connectivity index (χ0n) is 19.7. The predicted octanol–water partition coefficient (Wildman–Crippen LogP) is 5.59. The molecule has 2 aromatic carbocycles. The molecule has 0 saturated heterocycles. The Hall–Kier alpha value is -3.32. The summed E-state index contributed by atoms with van der Waals surface area (Å²) in [4.78, 5) is 13.2. The highest BCUT2D eigenvalue weighted by Crippen LogP contribution is 2.38. The number of hydrogen-bond acceptors (Lipinski definition) is 5. The lowest BCUT2D eigenvalue weighted by Gasteiger charge is -2.11. The quantitative estimate of drug-likeness (QED) is 0.235. The van der Waals surface area contributed by atoms with Gasteiger partial charge in [0.25, 0.3) is 0 Å². The Morgan fingerprint density at radius 2 is 1.79 bits per heavy atom. The lowest BCUT2D eigenvalue weighted by Crippen LogP contribution is -2.08. The van der Waals surface area contributed by atoms with E-state index in [9.17, 15) is 4.79 Å². The molecule has 5 rings (SSSR count). The van der Waals surface area contributed by atoms with Crippen LogP contribution in [-0.2, 0) is 6.42 Å². The monoisotopic (exact) mass is 472 g/mol. The maximum atomic E-state index is 13.2. The summed E-state index contributed by atoms with van der Waals surface area (Å²) < 4.78 is 9.68. The molecule has 2 aromatic heterocycles. The van der Waals surface area contributed by atoms with Gasteiger partial charge in [0, 0.05) is 35.1 Å². The number of methoxy groups -OCH3 is 1. The number of Topliss-reactive ketones (excluding diaryl/α,β-unsaturated/α-hetero) is 1. The fourth-order valence-electron chi connectivity index (χ4n) is 4.44. The molecule has 0 N–H and O–H groups in total. The van der Waals surface area contributed by atoms with E-state index in [2.05, 4.69) is 40.7 Å². The van der Waals surface area contributed by atoms with Crippen molar-refractivity contribution in [2.45, 2.75) is 44.3 Å². The minimum atomic E-state index is 0.124. The van der Waals surface area contributed by atoms with E-state index < -0.39 is 0 Å². The van der Waals surface area contributed by atoms with Gasteiger partial charge in [-0.15, -0.1) is 10.2 Å². The average molecular weight is 473 g/mol.